The second-order valence-electron chi connectivity index (χ2n) is 10.8. The molecule has 5 rings (SSSR count). The molecule has 0 unspecified atom stereocenters. The van der Waals surface area contributed by atoms with E-state index < -0.39 is 0 Å². The van der Waals surface area contributed by atoms with E-state index >= 15 is 0 Å². The molecule has 170 valence electrons. The lowest BCUT2D eigenvalue weighted by atomic mass is 9.68. The third kappa shape index (κ3) is 3.86. The van der Waals surface area contributed by atoms with Gasteiger partial charge >= 0.3 is 0 Å². The number of aromatic nitrogens is 3. The highest BCUT2D eigenvalue weighted by atomic mass is 16.3. The molecule has 2 saturated carbocycles. The predicted octanol–water partition coefficient (Wildman–Crippen LogP) is 5.52. The molecule has 0 spiro atoms. The maximum absolute atomic E-state index is 10.7. The third-order valence-corrected chi connectivity index (χ3v) is 7.93. The molecule has 0 saturated heterocycles. The van der Waals surface area contributed by atoms with Crippen LogP contribution in [0.25, 0.3) is 22.4 Å². The standard InChI is InChI=1S/C27H31N5O/c1-26-9-10-27(2,17-26)14-21(13-26)32(4)25-8-7-23(29-30-25)22-6-5-18(12-24(22)33)19-11-20(15-28)31(3)16-19/h5-8,11-12,16,21,33H,9-10,13-14,17H2,1-4H3/t21-,26-,27+. The van der Waals surface area contributed by atoms with Crippen LogP contribution in [0.4, 0.5) is 5.82 Å². The van der Waals surface area contributed by atoms with Gasteiger partial charge in [-0.05, 0) is 78.8 Å². The van der Waals surface area contributed by atoms with E-state index in [1.807, 2.05) is 43.6 Å². The Labute approximate surface area is 195 Å². The van der Waals surface area contributed by atoms with Gasteiger partial charge in [0.05, 0.1) is 5.69 Å². The lowest BCUT2D eigenvalue weighted by Crippen LogP contribution is -2.42. The summed E-state index contributed by atoms with van der Waals surface area (Å²) < 4.78 is 1.78. The van der Waals surface area contributed by atoms with Crippen LogP contribution in [0.15, 0.2) is 42.6 Å². The van der Waals surface area contributed by atoms with E-state index in [4.69, 9.17) is 0 Å². The summed E-state index contributed by atoms with van der Waals surface area (Å²) in [4.78, 5) is 2.29. The van der Waals surface area contributed by atoms with Crippen LogP contribution < -0.4 is 4.90 Å². The molecule has 6 heteroatoms. The first kappa shape index (κ1) is 21.5. The number of aryl methyl sites for hydroxylation is 1. The first-order valence-electron chi connectivity index (χ1n) is 11.7. The smallest absolute Gasteiger partial charge is 0.151 e. The fourth-order valence-corrected chi connectivity index (χ4v) is 6.25. The summed E-state index contributed by atoms with van der Waals surface area (Å²) >= 11 is 0. The lowest BCUT2D eigenvalue weighted by Gasteiger charge is -2.44. The number of benzene rings is 1. The number of nitrogens with zero attached hydrogens (tertiary/aromatic N) is 5. The Bertz CT molecular complexity index is 1220. The molecule has 1 aromatic carbocycles. The summed E-state index contributed by atoms with van der Waals surface area (Å²) in [5.41, 5.74) is 4.50. The van der Waals surface area contributed by atoms with E-state index in [0.717, 1.165) is 16.9 Å². The molecule has 3 aromatic rings. The Balaban J connectivity index is 1.36. The fourth-order valence-electron chi connectivity index (χ4n) is 6.25. The number of rotatable bonds is 4. The van der Waals surface area contributed by atoms with E-state index in [9.17, 15) is 10.4 Å². The summed E-state index contributed by atoms with van der Waals surface area (Å²) in [7, 11) is 3.97. The average Bonchev–Trinajstić information content (AvgIpc) is 3.28. The minimum Gasteiger partial charge on any atom is -0.507 e. The van der Waals surface area contributed by atoms with Gasteiger partial charge in [-0.2, -0.15) is 5.26 Å². The van der Waals surface area contributed by atoms with Crippen molar-refractivity contribution >= 4 is 5.82 Å². The topological polar surface area (TPSA) is 78.0 Å². The molecule has 6 nitrogen and oxygen atoms in total. The molecular formula is C27H31N5O. The monoisotopic (exact) mass is 441 g/mol. The van der Waals surface area contributed by atoms with E-state index in [2.05, 4.69) is 42.1 Å². The van der Waals surface area contributed by atoms with Crippen molar-refractivity contribution in [3.05, 3.63) is 48.3 Å². The van der Waals surface area contributed by atoms with Gasteiger partial charge in [0.15, 0.2) is 5.82 Å². The van der Waals surface area contributed by atoms with Gasteiger partial charge in [0.25, 0.3) is 0 Å². The predicted molar refractivity (Wildman–Crippen MR) is 130 cm³/mol. The van der Waals surface area contributed by atoms with Crippen molar-refractivity contribution in [3.63, 3.8) is 0 Å². The molecule has 2 fully saturated rings. The molecule has 1 N–H and O–H groups in total. The van der Waals surface area contributed by atoms with Crippen LogP contribution in [0.3, 0.4) is 0 Å². The minimum atomic E-state index is 0.148. The Morgan fingerprint density at radius 2 is 1.79 bits per heavy atom. The van der Waals surface area contributed by atoms with Crippen molar-refractivity contribution in [1.29, 1.82) is 5.26 Å². The zero-order valence-electron chi connectivity index (χ0n) is 19.8. The third-order valence-electron chi connectivity index (χ3n) is 7.93. The van der Waals surface area contributed by atoms with Crippen LogP contribution in [-0.2, 0) is 7.05 Å². The van der Waals surface area contributed by atoms with E-state index in [-0.39, 0.29) is 5.75 Å². The largest absolute Gasteiger partial charge is 0.507 e. The average molecular weight is 442 g/mol. The van der Waals surface area contributed by atoms with Crippen LogP contribution in [0.1, 0.15) is 51.6 Å². The number of hydrogen-bond donors (Lipinski definition) is 1. The number of phenols is 1. The van der Waals surface area contributed by atoms with Gasteiger partial charge in [0.1, 0.15) is 17.5 Å². The van der Waals surface area contributed by atoms with Gasteiger partial charge in [0, 0.05) is 37.5 Å². The van der Waals surface area contributed by atoms with Gasteiger partial charge in [-0.25, -0.2) is 0 Å². The fraction of sp³-hybridized carbons (Fsp3) is 0.444. The lowest BCUT2D eigenvalue weighted by molar-refractivity contribution is 0.148. The van der Waals surface area contributed by atoms with E-state index in [0.29, 0.717) is 33.8 Å². The van der Waals surface area contributed by atoms with Gasteiger partial charge in [-0.1, -0.05) is 19.9 Å². The van der Waals surface area contributed by atoms with Crippen molar-refractivity contribution in [3.8, 4) is 34.2 Å². The van der Waals surface area contributed by atoms with Crippen molar-refractivity contribution in [2.75, 3.05) is 11.9 Å². The normalized spacial score (nSPS) is 26.2. The Hall–Kier alpha value is -3.33. The molecule has 2 aliphatic carbocycles. The molecule has 2 aliphatic rings. The summed E-state index contributed by atoms with van der Waals surface area (Å²) in [6.45, 7) is 4.88. The molecule has 0 aliphatic heterocycles. The molecule has 0 radical (unpaired) electrons. The molecule has 2 bridgehead atoms. The van der Waals surface area contributed by atoms with Crippen LogP contribution in [0.2, 0.25) is 0 Å². The van der Waals surface area contributed by atoms with Crippen LogP contribution >= 0.6 is 0 Å². The van der Waals surface area contributed by atoms with Gasteiger partial charge < -0.3 is 14.6 Å². The van der Waals surface area contributed by atoms with E-state index in [1.54, 1.807) is 10.6 Å². The highest BCUT2D eigenvalue weighted by Gasteiger charge is 2.49. The van der Waals surface area contributed by atoms with Gasteiger partial charge in [-0.15, -0.1) is 10.2 Å². The number of anilines is 1. The second kappa shape index (κ2) is 7.62. The van der Waals surface area contributed by atoms with Crippen LogP contribution in [0.5, 0.6) is 5.75 Å². The molecule has 33 heavy (non-hydrogen) atoms. The summed E-state index contributed by atoms with van der Waals surface area (Å²) in [6.07, 6.45) is 8.29. The van der Waals surface area contributed by atoms with E-state index in [1.165, 1.54) is 32.1 Å². The minimum absolute atomic E-state index is 0.148. The van der Waals surface area contributed by atoms with Gasteiger partial charge in [-0.3, -0.25) is 0 Å². The molecule has 2 heterocycles. The van der Waals surface area contributed by atoms with Gasteiger partial charge in [0.2, 0.25) is 0 Å². The zero-order valence-corrected chi connectivity index (χ0v) is 19.8. The maximum atomic E-state index is 10.7. The Morgan fingerprint density at radius 3 is 2.36 bits per heavy atom. The molecule has 2 aromatic heterocycles. The number of nitriles is 1. The number of fused-ring (bicyclic) bond motifs is 2. The molecule has 0 amide bonds. The quantitative estimate of drug-likeness (QED) is 0.577. The van der Waals surface area contributed by atoms with Crippen molar-refractivity contribution in [2.24, 2.45) is 17.9 Å². The highest BCUT2D eigenvalue weighted by Crippen LogP contribution is 2.58. The summed E-state index contributed by atoms with van der Waals surface area (Å²) in [6, 6.07) is 13.9. The number of aromatic hydroxyl groups is 1. The zero-order chi connectivity index (χ0) is 23.4. The van der Waals surface area contributed by atoms with Crippen molar-refractivity contribution in [1.82, 2.24) is 14.8 Å². The number of hydrogen-bond acceptors (Lipinski definition) is 5. The Kier molecular flexibility index (Phi) is 4.97. The summed E-state index contributed by atoms with van der Waals surface area (Å²) in [5.74, 6) is 1.02. The van der Waals surface area contributed by atoms with Crippen molar-refractivity contribution < 1.29 is 5.11 Å². The molecule has 3 atom stereocenters. The Morgan fingerprint density at radius 1 is 1.06 bits per heavy atom. The first-order valence-corrected chi connectivity index (χ1v) is 11.7. The van der Waals surface area contributed by atoms with Crippen LogP contribution in [-0.4, -0.2) is 33.0 Å². The molecular weight excluding hydrogens is 410 g/mol. The SMILES string of the molecule is CN(c1ccc(-c2ccc(-c3cc(C#N)n(C)c3)cc2O)nn1)[C@H]1C[C@]2(C)CC[C@](C)(C1)C2. The summed E-state index contributed by atoms with van der Waals surface area (Å²) in [5, 5.41) is 28.8. The maximum Gasteiger partial charge on any atom is 0.151 e. The van der Waals surface area contributed by atoms with Crippen LogP contribution in [0, 0.1) is 22.2 Å². The first-order chi connectivity index (χ1) is 15.7. The second-order valence-corrected chi connectivity index (χ2v) is 10.8. The number of phenolic OH excluding ortho intramolecular Hbond substituents is 1. The highest BCUT2D eigenvalue weighted by molar-refractivity contribution is 5.74. The van der Waals surface area contributed by atoms with Crippen molar-refractivity contribution in [2.45, 2.75) is 52.0 Å².